The van der Waals surface area contributed by atoms with Crippen LogP contribution in [0.1, 0.15) is 0 Å². The SMILES string of the molecule is c1ccc2c(-c3c4ccccc4c(-c4cccc5oc6c(ccc7ccoc76)c45)c4ccccc34)cccc2c1. The molecule has 186 valence electrons. The molecule has 0 N–H and O–H groups in total. The predicted octanol–water partition coefficient (Wildman–Crippen LogP) is 11.1. The topological polar surface area (TPSA) is 26.3 Å². The van der Waals surface area contributed by atoms with Crippen LogP contribution in [0.25, 0.3) is 87.5 Å². The average molecular weight is 511 g/mol. The first-order valence-electron chi connectivity index (χ1n) is 13.6. The molecule has 2 heteroatoms. The highest BCUT2D eigenvalue weighted by Gasteiger charge is 2.21. The number of rotatable bonds is 2. The molecular formula is C38H22O2. The van der Waals surface area contributed by atoms with Gasteiger partial charge in [0.05, 0.1) is 6.26 Å². The van der Waals surface area contributed by atoms with E-state index in [1.807, 2.05) is 6.07 Å². The second kappa shape index (κ2) is 8.08. The minimum Gasteiger partial charge on any atom is -0.460 e. The Morgan fingerprint density at radius 3 is 1.73 bits per heavy atom. The van der Waals surface area contributed by atoms with Gasteiger partial charge in [0.2, 0.25) is 0 Å². The Bertz CT molecular complexity index is 2370. The summed E-state index contributed by atoms with van der Waals surface area (Å²) >= 11 is 0. The fourth-order valence-electron chi connectivity index (χ4n) is 6.67. The summed E-state index contributed by atoms with van der Waals surface area (Å²) in [5.74, 6) is 0. The maximum atomic E-state index is 6.46. The van der Waals surface area contributed by atoms with Crippen molar-refractivity contribution >= 4 is 65.2 Å². The van der Waals surface area contributed by atoms with Gasteiger partial charge in [-0.1, -0.05) is 109 Å². The molecule has 0 saturated carbocycles. The van der Waals surface area contributed by atoms with Gasteiger partial charge < -0.3 is 8.83 Å². The van der Waals surface area contributed by atoms with E-state index in [0.29, 0.717) is 0 Å². The molecule has 0 saturated heterocycles. The van der Waals surface area contributed by atoms with Crippen molar-refractivity contribution < 1.29 is 8.83 Å². The minimum atomic E-state index is 0.792. The standard InChI is InChI=1S/C38H22O2/c1-2-11-25-23(9-1)10-7-16-26(25)34-27-12-3-5-14-29(27)35(30-15-6-4-13-28(30)34)31-17-8-18-33-36(31)32-20-19-24-21-22-39-37(24)38(32)40-33/h1-22H. The van der Waals surface area contributed by atoms with Gasteiger partial charge in [-0.3, -0.25) is 0 Å². The van der Waals surface area contributed by atoms with Crippen molar-refractivity contribution in [2.24, 2.45) is 0 Å². The van der Waals surface area contributed by atoms with Gasteiger partial charge in [-0.25, -0.2) is 0 Å². The van der Waals surface area contributed by atoms with Crippen LogP contribution >= 0.6 is 0 Å². The fourth-order valence-corrected chi connectivity index (χ4v) is 6.67. The third-order valence-electron chi connectivity index (χ3n) is 8.34. The molecule has 0 fully saturated rings. The molecule has 2 aromatic heterocycles. The molecule has 0 bridgehead atoms. The molecule has 0 amide bonds. The minimum absolute atomic E-state index is 0.792. The van der Waals surface area contributed by atoms with Crippen LogP contribution < -0.4 is 0 Å². The lowest BCUT2D eigenvalue weighted by molar-refractivity contribution is 0.600. The Hall–Kier alpha value is -5.34. The zero-order valence-corrected chi connectivity index (χ0v) is 21.5. The van der Waals surface area contributed by atoms with Crippen molar-refractivity contribution in [1.29, 1.82) is 0 Å². The smallest absolute Gasteiger partial charge is 0.178 e. The van der Waals surface area contributed by atoms with Gasteiger partial charge in [0, 0.05) is 16.2 Å². The van der Waals surface area contributed by atoms with E-state index in [0.717, 1.165) is 32.9 Å². The van der Waals surface area contributed by atoms with Crippen LogP contribution in [-0.2, 0) is 0 Å². The van der Waals surface area contributed by atoms with Gasteiger partial charge in [0.25, 0.3) is 0 Å². The molecule has 0 unspecified atom stereocenters. The fraction of sp³-hybridized carbons (Fsp3) is 0. The Morgan fingerprint density at radius 2 is 0.975 bits per heavy atom. The van der Waals surface area contributed by atoms with E-state index in [1.165, 1.54) is 54.6 Å². The summed E-state index contributed by atoms with van der Waals surface area (Å²) in [6, 6.07) is 45.6. The average Bonchev–Trinajstić information content (AvgIpc) is 3.64. The number of fused-ring (bicyclic) bond motifs is 8. The van der Waals surface area contributed by atoms with E-state index >= 15 is 0 Å². The lowest BCUT2D eigenvalue weighted by Crippen LogP contribution is -1.92. The Labute approximate surface area is 229 Å². The quantitative estimate of drug-likeness (QED) is 0.216. The van der Waals surface area contributed by atoms with Crippen LogP contribution in [0, 0.1) is 0 Å². The molecular weight excluding hydrogens is 488 g/mol. The van der Waals surface area contributed by atoms with E-state index in [-0.39, 0.29) is 0 Å². The third kappa shape index (κ3) is 2.88. The molecule has 0 spiro atoms. The number of furan rings is 2. The lowest BCUT2D eigenvalue weighted by atomic mass is 9.84. The first kappa shape index (κ1) is 21.6. The molecule has 7 aromatic carbocycles. The monoisotopic (exact) mass is 510 g/mol. The van der Waals surface area contributed by atoms with E-state index in [9.17, 15) is 0 Å². The number of hydrogen-bond donors (Lipinski definition) is 0. The lowest BCUT2D eigenvalue weighted by Gasteiger charge is -2.19. The largest absolute Gasteiger partial charge is 0.460 e. The molecule has 2 heterocycles. The summed E-state index contributed by atoms with van der Waals surface area (Å²) in [5.41, 5.74) is 7.37. The third-order valence-corrected chi connectivity index (χ3v) is 8.34. The van der Waals surface area contributed by atoms with Crippen molar-refractivity contribution in [2.45, 2.75) is 0 Å². The molecule has 9 rings (SSSR count). The van der Waals surface area contributed by atoms with Gasteiger partial charge in [-0.15, -0.1) is 0 Å². The normalized spacial score (nSPS) is 12.0. The van der Waals surface area contributed by atoms with Crippen LogP contribution in [0.3, 0.4) is 0 Å². The molecule has 0 aliphatic rings. The van der Waals surface area contributed by atoms with Crippen molar-refractivity contribution in [2.75, 3.05) is 0 Å². The summed E-state index contributed by atoms with van der Waals surface area (Å²) in [7, 11) is 0. The Balaban J connectivity index is 1.47. The zero-order valence-electron chi connectivity index (χ0n) is 21.5. The van der Waals surface area contributed by atoms with Gasteiger partial charge in [0.15, 0.2) is 11.2 Å². The van der Waals surface area contributed by atoms with Crippen LogP contribution in [0.5, 0.6) is 0 Å². The molecule has 40 heavy (non-hydrogen) atoms. The molecule has 9 aromatic rings. The van der Waals surface area contributed by atoms with Gasteiger partial charge in [0.1, 0.15) is 5.58 Å². The van der Waals surface area contributed by atoms with E-state index < -0.39 is 0 Å². The van der Waals surface area contributed by atoms with Crippen molar-refractivity contribution in [3.63, 3.8) is 0 Å². The van der Waals surface area contributed by atoms with Gasteiger partial charge >= 0.3 is 0 Å². The van der Waals surface area contributed by atoms with E-state index in [1.54, 1.807) is 6.26 Å². The predicted molar refractivity (Wildman–Crippen MR) is 167 cm³/mol. The maximum absolute atomic E-state index is 6.46. The van der Waals surface area contributed by atoms with E-state index in [4.69, 9.17) is 8.83 Å². The Kier molecular flexibility index (Phi) is 4.36. The highest BCUT2D eigenvalue weighted by atomic mass is 16.4. The summed E-state index contributed by atoms with van der Waals surface area (Å²) in [6.45, 7) is 0. The molecule has 0 atom stereocenters. The zero-order chi connectivity index (χ0) is 26.2. The first-order chi connectivity index (χ1) is 19.9. The summed E-state index contributed by atoms with van der Waals surface area (Å²) in [5, 5.41) is 10.7. The van der Waals surface area contributed by atoms with Crippen LogP contribution in [0.2, 0.25) is 0 Å². The highest BCUT2D eigenvalue weighted by Crippen LogP contribution is 2.48. The highest BCUT2D eigenvalue weighted by molar-refractivity contribution is 6.27. The molecule has 0 aliphatic carbocycles. The summed E-state index contributed by atoms with van der Waals surface area (Å²) < 4.78 is 12.3. The summed E-state index contributed by atoms with van der Waals surface area (Å²) in [4.78, 5) is 0. The van der Waals surface area contributed by atoms with Crippen molar-refractivity contribution in [3.8, 4) is 22.3 Å². The Morgan fingerprint density at radius 1 is 0.375 bits per heavy atom. The van der Waals surface area contributed by atoms with Crippen molar-refractivity contribution in [1.82, 2.24) is 0 Å². The first-order valence-corrected chi connectivity index (χ1v) is 13.6. The summed E-state index contributed by atoms with van der Waals surface area (Å²) in [6.07, 6.45) is 1.73. The van der Waals surface area contributed by atoms with Crippen LogP contribution in [0.15, 0.2) is 142 Å². The maximum Gasteiger partial charge on any atom is 0.178 e. The number of hydrogen-bond acceptors (Lipinski definition) is 2. The second-order valence-corrected chi connectivity index (χ2v) is 10.4. The van der Waals surface area contributed by atoms with Gasteiger partial charge in [-0.2, -0.15) is 0 Å². The van der Waals surface area contributed by atoms with Crippen molar-refractivity contribution in [3.05, 3.63) is 134 Å². The van der Waals surface area contributed by atoms with E-state index in [2.05, 4.69) is 121 Å². The molecule has 2 nitrogen and oxygen atoms in total. The number of benzene rings is 7. The second-order valence-electron chi connectivity index (χ2n) is 10.4. The molecule has 0 aliphatic heterocycles. The van der Waals surface area contributed by atoms with Crippen LogP contribution in [-0.4, -0.2) is 0 Å². The molecule has 0 radical (unpaired) electrons. The van der Waals surface area contributed by atoms with Gasteiger partial charge in [-0.05, 0) is 72.8 Å². The van der Waals surface area contributed by atoms with Crippen LogP contribution in [0.4, 0.5) is 0 Å².